The molecule has 1 N–H and O–H groups in total. The molecule has 0 unspecified atom stereocenters. The van der Waals surface area contributed by atoms with Gasteiger partial charge < -0.3 is 15.1 Å². The lowest BCUT2D eigenvalue weighted by Crippen LogP contribution is -2.50. The number of carbonyl (C=O) groups excluding carboxylic acids is 1. The van der Waals surface area contributed by atoms with E-state index in [0.717, 1.165) is 28.3 Å². The Morgan fingerprint density at radius 3 is 2.40 bits per heavy atom. The molecule has 0 spiro atoms. The van der Waals surface area contributed by atoms with E-state index in [-0.39, 0.29) is 11.6 Å². The molecule has 2 aromatic carbocycles. The zero-order valence-electron chi connectivity index (χ0n) is 17.2. The van der Waals surface area contributed by atoms with Crippen LogP contribution in [0.2, 0.25) is 0 Å². The second-order valence-electron chi connectivity index (χ2n) is 7.50. The van der Waals surface area contributed by atoms with Gasteiger partial charge in [0, 0.05) is 37.9 Å². The number of piperazine rings is 1. The van der Waals surface area contributed by atoms with Crippen LogP contribution >= 0.6 is 0 Å². The maximum absolute atomic E-state index is 12.7. The van der Waals surface area contributed by atoms with E-state index in [2.05, 4.69) is 15.3 Å². The summed E-state index contributed by atoms with van der Waals surface area (Å²) in [6.45, 7) is 6.47. The monoisotopic (exact) mass is 403 g/mol. The Kier molecular flexibility index (Phi) is 5.52. The summed E-state index contributed by atoms with van der Waals surface area (Å²) in [5.41, 5.74) is 3.56. The summed E-state index contributed by atoms with van der Waals surface area (Å²) in [6.07, 6.45) is 0. The number of aryl methyl sites for hydroxylation is 2. The zero-order chi connectivity index (χ0) is 21.1. The summed E-state index contributed by atoms with van der Waals surface area (Å²) in [6, 6.07) is 18.6. The fourth-order valence-corrected chi connectivity index (χ4v) is 3.53. The van der Waals surface area contributed by atoms with Gasteiger partial charge in [-0.05, 0) is 49.2 Å². The van der Waals surface area contributed by atoms with Gasteiger partial charge in [-0.2, -0.15) is 4.68 Å². The molecule has 0 bridgehead atoms. The summed E-state index contributed by atoms with van der Waals surface area (Å²) >= 11 is 0. The number of benzene rings is 2. The van der Waals surface area contributed by atoms with Gasteiger partial charge in [-0.25, -0.2) is 4.79 Å². The normalized spacial score (nSPS) is 13.9. The molecule has 0 aliphatic carbocycles. The fraction of sp³-hybridized carbons (Fsp3) is 0.261. The molecule has 0 atom stereocenters. The Labute approximate surface area is 175 Å². The SMILES string of the molecule is Cc1ccc(C)c(NC(=O)N2CCN(c3ccc(=O)n(-c4ccccc4)n3)CC2)c1. The van der Waals surface area contributed by atoms with E-state index in [1.54, 1.807) is 6.07 Å². The Bertz CT molecular complexity index is 1100. The minimum absolute atomic E-state index is 0.0921. The van der Waals surface area contributed by atoms with Crippen molar-refractivity contribution >= 4 is 17.5 Å². The first-order valence-electron chi connectivity index (χ1n) is 10.1. The van der Waals surface area contributed by atoms with E-state index in [9.17, 15) is 9.59 Å². The number of hydrogen-bond acceptors (Lipinski definition) is 4. The molecule has 1 saturated heterocycles. The molecular weight excluding hydrogens is 378 g/mol. The van der Waals surface area contributed by atoms with Crippen molar-refractivity contribution < 1.29 is 4.79 Å². The van der Waals surface area contributed by atoms with Crippen LogP contribution in [0.4, 0.5) is 16.3 Å². The predicted octanol–water partition coefficient (Wildman–Crippen LogP) is 3.20. The molecule has 154 valence electrons. The molecule has 1 fully saturated rings. The van der Waals surface area contributed by atoms with Gasteiger partial charge in [0.15, 0.2) is 0 Å². The first-order chi connectivity index (χ1) is 14.5. The topological polar surface area (TPSA) is 70.5 Å². The van der Waals surface area contributed by atoms with E-state index in [1.165, 1.54) is 10.7 Å². The first-order valence-corrected chi connectivity index (χ1v) is 10.1. The Hall–Kier alpha value is -3.61. The number of nitrogens with one attached hydrogen (secondary N) is 1. The molecule has 2 amide bonds. The molecule has 1 aliphatic rings. The van der Waals surface area contributed by atoms with Crippen molar-refractivity contribution in [2.24, 2.45) is 0 Å². The lowest BCUT2D eigenvalue weighted by molar-refractivity contribution is 0.208. The van der Waals surface area contributed by atoms with Crippen LogP contribution in [-0.2, 0) is 0 Å². The van der Waals surface area contributed by atoms with E-state index in [1.807, 2.05) is 67.3 Å². The van der Waals surface area contributed by atoms with Crippen molar-refractivity contribution in [1.29, 1.82) is 0 Å². The van der Waals surface area contributed by atoms with Gasteiger partial charge in [0.2, 0.25) is 0 Å². The first kappa shape index (κ1) is 19.7. The number of carbonyl (C=O) groups is 1. The lowest BCUT2D eigenvalue weighted by Gasteiger charge is -2.35. The summed E-state index contributed by atoms with van der Waals surface area (Å²) in [5.74, 6) is 0.730. The molecule has 4 rings (SSSR count). The van der Waals surface area contributed by atoms with Crippen LogP contribution in [0.5, 0.6) is 0 Å². The largest absolute Gasteiger partial charge is 0.352 e. The van der Waals surface area contributed by atoms with Crippen molar-refractivity contribution in [3.8, 4) is 5.69 Å². The fourth-order valence-electron chi connectivity index (χ4n) is 3.53. The molecule has 0 radical (unpaired) electrons. The molecule has 2 heterocycles. The maximum Gasteiger partial charge on any atom is 0.321 e. The second kappa shape index (κ2) is 8.41. The lowest BCUT2D eigenvalue weighted by atomic mass is 10.1. The predicted molar refractivity (Wildman–Crippen MR) is 119 cm³/mol. The summed E-state index contributed by atoms with van der Waals surface area (Å²) in [4.78, 5) is 28.8. The van der Waals surface area contributed by atoms with Gasteiger partial charge in [-0.1, -0.05) is 30.3 Å². The minimum Gasteiger partial charge on any atom is -0.352 e. The summed E-state index contributed by atoms with van der Waals surface area (Å²) in [7, 11) is 0. The smallest absolute Gasteiger partial charge is 0.321 e. The maximum atomic E-state index is 12.7. The average molecular weight is 403 g/mol. The van der Waals surface area contributed by atoms with Crippen molar-refractivity contribution in [2.75, 3.05) is 36.4 Å². The van der Waals surface area contributed by atoms with Crippen molar-refractivity contribution in [2.45, 2.75) is 13.8 Å². The van der Waals surface area contributed by atoms with Crippen molar-refractivity contribution in [3.05, 3.63) is 82.1 Å². The number of aromatic nitrogens is 2. The summed E-state index contributed by atoms with van der Waals surface area (Å²) in [5, 5.41) is 7.56. The van der Waals surface area contributed by atoms with Crippen LogP contribution in [0, 0.1) is 13.8 Å². The van der Waals surface area contributed by atoms with Gasteiger partial charge >= 0.3 is 6.03 Å². The van der Waals surface area contributed by atoms with Gasteiger partial charge in [0.25, 0.3) is 5.56 Å². The third kappa shape index (κ3) is 4.20. The van der Waals surface area contributed by atoms with Crippen LogP contribution < -0.4 is 15.8 Å². The molecule has 7 heteroatoms. The van der Waals surface area contributed by atoms with Crippen LogP contribution in [-0.4, -0.2) is 46.9 Å². The van der Waals surface area contributed by atoms with Crippen molar-refractivity contribution in [1.82, 2.24) is 14.7 Å². The number of urea groups is 1. The van der Waals surface area contributed by atoms with E-state index >= 15 is 0 Å². The molecule has 1 aliphatic heterocycles. The second-order valence-corrected chi connectivity index (χ2v) is 7.50. The number of anilines is 2. The van der Waals surface area contributed by atoms with Gasteiger partial charge in [-0.3, -0.25) is 4.79 Å². The highest BCUT2D eigenvalue weighted by Gasteiger charge is 2.23. The number of rotatable bonds is 3. The highest BCUT2D eigenvalue weighted by atomic mass is 16.2. The third-order valence-electron chi connectivity index (χ3n) is 5.31. The van der Waals surface area contributed by atoms with E-state index in [4.69, 9.17) is 0 Å². The average Bonchev–Trinajstić information content (AvgIpc) is 2.77. The molecular formula is C23H25N5O2. The third-order valence-corrected chi connectivity index (χ3v) is 5.31. The highest BCUT2D eigenvalue weighted by Crippen LogP contribution is 2.18. The molecule has 30 heavy (non-hydrogen) atoms. The Morgan fingerprint density at radius 1 is 0.933 bits per heavy atom. The number of hydrogen-bond donors (Lipinski definition) is 1. The quantitative estimate of drug-likeness (QED) is 0.729. The minimum atomic E-state index is -0.170. The number of amides is 2. The van der Waals surface area contributed by atoms with E-state index < -0.39 is 0 Å². The molecule has 3 aromatic rings. The van der Waals surface area contributed by atoms with Gasteiger partial charge in [0.05, 0.1) is 5.69 Å². The van der Waals surface area contributed by atoms with Gasteiger partial charge in [-0.15, -0.1) is 5.10 Å². The highest BCUT2D eigenvalue weighted by molar-refractivity contribution is 5.90. The standard InChI is InChI=1S/C23H25N5O2/c1-17-8-9-18(2)20(16-17)24-23(30)27-14-12-26(13-15-27)21-10-11-22(29)28(25-21)19-6-4-3-5-7-19/h3-11,16H,12-15H2,1-2H3,(H,24,30). The summed E-state index contributed by atoms with van der Waals surface area (Å²) < 4.78 is 1.41. The van der Waals surface area contributed by atoms with Crippen LogP contribution in [0.3, 0.4) is 0 Å². The number of nitrogens with zero attached hydrogens (tertiary/aromatic N) is 4. The Balaban J connectivity index is 1.43. The molecule has 7 nitrogen and oxygen atoms in total. The van der Waals surface area contributed by atoms with E-state index in [0.29, 0.717) is 26.2 Å². The van der Waals surface area contributed by atoms with Crippen LogP contribution in [0.15, 0.2) is 65.5 Å². The van der Waals surface area contributed by atoms with Crippen LogP contribution in [0.1, 0.15) is 11.1 Å². The Morgan fingerprint density at radius 2 is 1.67 bits per heavy atom. The van der Waals surface area contributed by atoms with Gasteiger partial charge in [0.1, 0.15) is 5.82 Å². The number of para-hydroxylation sites is 1. The zero-order valence-corrected chi connectivity index (χ0v) is 17.2. The van der Waals surface area contributed by atoms with Crippen LogP contribution in [0.25, 0.3) is 5.69 Å². The molecule has 1 aromatic heterocycles. The van der Waals surface area contributed by atoms with Crippen molar-refractivity contribution in [3.63, 3.8) is 0 Å². The molecule has 0 saturated carbocycles.